The molecule has 0 bridgehead atoms. The van der Waals surface area contributed by atoms with E-state index in [1.165, 1.54) is 18.3 Å². The summed E-state index contributed by atoms with van der Waals surface area (Å²) in [7, 11) is 0. The molecule has 0 unspecified atom stereocenters. The van der Waals surface area contributed by atoms with E-state index in [2.05, 4.69) is 4.98 Å². The topological polar surface area (TPSA) is 33.2 Å². The van der Waals surface area contributed by atoms with Gasteiger partial charge in [-0.1, -0.05) is 25.4 Å². The van der Waals surface area contributed by atoms with Gasteiger partial charge in [0.2, 0.25) is 0 Å². The molecule has 19 heavy (non-hydrogen) atoms. The van der Waals surface area contributed by atoms with Gasteiger partial charge in [0, 0.05) is 12.7 Å². The van der Waals surface area contributed by atoms with Gasteiger partial charge in [-0.05, 0) is 18.1 Å². The van der Waals surface area contributed by atoms with Crippen LogP contribution in [-0.4, -0.2) is 35.1 Å². The Morgan fingerprint density at radius 3 is 2.58 bits per heavy atom. The van der Waals surface area contributed by atoms with Gasteiger partial charge in [-0.15, -0.1) is 0 Å². The number of hydrogen-bond donors (Lipinski definition) is 0. The minimum Gasteiger partial charge on any atom is -0.329 e. The second-order valence-electron chi connectivity index (χ2n) is 4.54. The summed E-state index contributed by atoms with van der Waals surface area (Å²) in [6, 6.07) is 2.82. The average Bonchev–Trinajstić information content (AvgIpc) is 2.25. The zero-order chi connectivity index (χ0) is 14.6. The molecular formula is C12H14ClF3N2O. The number of nitrogens with zero attached hydrogens (tertiary/aromatic N) is 2. The fourth-order valence-electron chi connectivity index (χ4n) is 1.59. The monoisotopic (exact) mass is 294 g/mol. The summed E-state index contributed by atoms with van der Waals surface area (Å²) in [5.74, 6) is -0.842. The van der Waals surface area contributed by atoms with Gasteiger partial charge >= 0.3 is 6.18 Å². The van der Waals surface area contributed by atoms with Crippen molar-refractivity contribution in [3.63, 3.8) is 0 Å². The van der Waals surface area contributed by atoms with Crippen molar-refractivity contribution < 1.29 is 18.0 Å². The highest BCUT2D eigenvalue weighted by Crippen LogP contribution is 2.21. The predicted octanol–water partition coefficient (Wildman–Crippen LogP) is 3.40. The first-order valence-electron chi connectivity index (χ1n) is 5.67. The standard InChI is InChI=1S/C12H14ClF3N2O/c1-8(2)6-18(7-12(14,15)16)11(19)9-4-3-5-17-10(9)13/h3-5,8H,6-7H2,1-2H3. The average molecular weight is 295 g/mol. The third-order valence-corrected chi connectivity index (χ3v) is 2.53. The molecule has 1 amide bonds. The Morgan fingerprint density at radius 2 is 2.11 bits per heavy atom. The number of halogens is 4. The number of alkyl halides is 3. The van der Waals surface area contributed by atoms with Gasteiger partial charge in [-0.2, -0.15) is 13.2 Å². The lowest BCUT2D eigenvalue weighted by atomic mass is 10.1. The first-order valence-corrected chi connectivity index (χ1v) is 6.05. The fourth-order valence-corrected chi connectivity index (χ4v) is 1.79. The van der Waals surface area contributed by atoms with Crippen molar-refractivity contribution >= 4 is 17.5 Å². The molecule has 1 rings (SSSR count). The maximum absolute atomic E-state index is 12.5. The molecule has 1 aromatic rings. The van der Waals surface area contributed by atoms with Crippen LogP contribution < -0.4 is 0 Å². The number of carbonyl (C=O) groups excluding carboxylic acids is 1. The highest BCUT2D eigenvalue weighted by molar-refractivity contribution is 6.32. The molecule has 7 heteroatoms. The SMILES string of the molecule is CC(C)CN(CC(F)(F)F)C(=O)c1cccnc1Cl. The van der Waals surface area contributed by atoms with E-state index in [9.17, 15) is 18.0 Å². The molecule has 0 spiro atoms. The number of rotatable bonds is 4. The Hall–Kier alpha value is -1.30. The molecule has 106 valence electrons. The van der Waals surface area contributed by atoms with Crippen LogP contribution in [-0.2, 0) is 0 Å². The molecule has 0 saturated carbocycles. The van der Waals surface area contributed by atoms with Gasteiger partial charge in [-0.25, -0.2) is 4.98 Å². The third kappa shape index (κ3) is 5.06. The van der Waals surface area contributed by atoms with Crippen LogP contribution >= 0.6 is 11.6 Å². The van der Waals surface area contributed by atoms with Crippen LogP contribution in [0.25, 0.3) is 0 Å². The molecule has 3 nitrogen and oxygen atoms in total. The van der Waals surface area contributed by atoms with E-state index >= 15 is 0 Å². The van der Waals surface area contributed by atoms with Crippen molar-refractivity contribution in [1.82, 2.24) is 9.88 Å². The Morgan fingerprint density at radius 1 is 1.47 bits per heavy atom. The number of pyridine rings is 1. The summed E-state index contributed by atoms with van der Waals surface area (Å²) >= 11 is 5.73. The normalized spacial score (nSPS) is 11.7. The Balaban J connectivity index is 2.97. The number of carbonyl (C=O) groups is 1. The molecule has 0 aliphatic carbocycles. The van der Waals surface area contributed by atoms with Crippen LogP contribution in [0.1, 0.15) is 24.2 Å². The van der Waals surface area contributed by atoms with Crippen LogP contribution in [0.2, 0.25) is 5.15 Å². The fraction of sp³-hybridized carbons (Fsp3) is 0.500. The van der Waals surface area contributed by atoms with Crippen LogP contribution in [0.5, 0.6) is 0 Å². The zero-order valence-corrected chi connectivity index (χ0v) is 11.3. The second-order valence-corrected chi connectivity index (χ2v) is 4.89. The van der Waals surface area contributed by atoms with E-state index in [0.29, 0.717) is 0 Å². The quantitative estimate of drug-likeness (QED) is 0.798. The molecule has 0 atom stereocenters. The van der Waals surface area contributed by atoms with E-state index < -0.39 is 18.6 Å². The number of amides is 1. The lowest BCUT2D eigenvalue weighted by molar-refractivity contribution is -0.141. The molecule has 0 radical (unpaired) electrons. The van der Waals surface area contributed by atoms with Gasteiger partial charge in [0.25, 0.3) is 5.91 Å². The summed E-state index contributed by atoms with van der Waals surface area (Å²) < 4.78 is 37.5. The van der Waals surface area contributed by atoms with E-state index in [4.69, 9.17) is 11.6 Å². The van der Waals surface area contributed by atoms with E-state index in [1.807, 2.05) is 0 Å². The Labute approximate surface area is 114 Å². The van der Waals surface area contributed by atoms with Crippen molar-refractivity contribution in [3.05, 3.63) is 29.0 Å². The van der Waals surface area contributed by atoms with Crippen molar-refractivity contribution in [2.45, 2.75) is 20.0 Å². The minimum absolute atomic E-state index is 0.00354. The second kappa shape index (κ2) is 6.23. The minimum atomic E-state index is -4.45. The van der Waals surface area contributed by atoms with E-state index in [0.717, 1.165) is 4.90 Å². The lowest BCUT2D eigenvalue weighted by Crippen LogP contribution is -2.41. The van der Waals surface area contributed by atoms with E-state index in [1.54, 1.807) is 13.8 Å². The highest BCUT2D eigenvalue weighted by Gasteiger charge is 2.34. The molecule has 0 aromatic carbocycles. The molecule has 0 N–H and O–H groups in total. The first kappa shape index (κ1) is 15.8. The van der Waals surface area contributed by atoms with Gasteiger partial charge in [0.1, 0.15) is 11.7 Å². The number of hydrogen-bond acceptors (Lipinski definition) is 2. The van der Waals surface area contributed by atoms with Crippen molar-refractivity contribution in [2.24, 2.45) is 5.92 Å². The van der Waals surface area contributed by atoms with Crippen LogP contribution in [0.15, 0.2) is 18.3 Å². The summed E-state index contributed by atoms with van der Waals surface area (Å²) in [4.78, 5) is 16.5. The van der Waals surface area contributed by atoms with Crippen molar-refractivity contribution in [2.75, 3.05) is 13.1 Å². The maximum Gasteiger partial charge on any atom is 0.406 e. The summed E-state index contributed by atoms with van der Waals surface area (Å²) in [5.41, 5.74) is -0.0194. The molecule has 0 saturated heterocycles. The van der Waals surface area contributed by atoms with E-state index in [-0.39, 0.29) is 23.2 Å². The summed E-state index contributed by atoms with van der Waals surface area (Å²) in [6.45, 7) is 2.18. The first-order chi connectivity index (χ1) is 8.70. The van der Waals surface area contributed by atoms with Gasteiger partial charge in [-0.3, -0.25) is 4.79 Å². The molecule has 1 aromatic heterocycles. The molecule has 0 fully saturated rings. The highest BCUT2D eigenvalue weighted by atomic mass is 35.5. The number of aromatic nitrogens is 1. The van der Waals surface area contributed by atoms with Crippen LogP contribution in [0.4, 0.5) is 13.2 Å². The van der Waals surface area contributed by atoms with Gasteiger partial charge < -0.3 is 4.90 Å². The molecule has 1 heterocycles. The molecule has 0 aliphatic heterocycles. The summed E-state index contributed by atoms with van der Waals surface area (Å²) in [6.07, 6.45) is -3.07. The Bertz CT molecular complexity index is 449. The van der Waals surface area contributed by atoms with Crippen molar-refractivity contribution in [1.29, 1.82) is 0 Å². The van der Waals surface area contributed by atoms with Crippen LogP contribution in [0, 0.1) is 5.92 Å². The third-order valence-electron chi connectivity index (χ3n) is 2.23. The maximum atomic E-state index is 12.5. The Kier molecular flexibility index (Phi) is 5.17. The van der Waals surface area contributed by atoms with Crippen molar-refractivity contribution in [3.8, 4) is 0 Å². The molecular weight excluding hydrogens is 281 g/mol. The summed E-state index contributed by atoms with van der Waals surface area (Å²) in [5, 5.41) is -0.0940. The largest absolute Gasteiger partial charge is 0.406 e. The van der Waals surface area contributed by atoms with Crippen LogP contribution in [0.3, 0.4) is 0 Å². The van der Waals surface area contributed by atoms with Gasteiger partial charge in [0.15, 0.2) is 0 Å². The lowest BCUT2D eigenvalue weighted by Gasteiger charge is -2.25. The molecule has 0 aliphatic rings. The predicted molar refractivity (Wildman–Crippen MR) is 66.0 cm³/mol. The van der Waals surface area contributed by atoms with Gasteiger partial charge in [0.05, 0.1) is 5.56 Å². The smallest absolute Gasteiger partial charge is 0.329 e. The zero-order valence-electron chi connectivity index (χ0n) is 10.5.